The Morgan fingerprint density at radius 3 is 2.57 bits per heavy atom. The highest BCUT2D eigenvalue weighted by Crippen LogP contribution is 2.21. The maximum atomic E-state index is 13.0. The zero-order valence-electron chi connectivity index (χ0n) is 16.6. The van der Waals surface area contributed by atoms with Gasteiger partial charge in [0.1, 0.15) is 5.82 Å². The van der Waals surface area contributed by atoms with E-state index in [4.69, 9.17) is 4.42 Å². The van der Waals surface area contributed by atoms with Crippen molar-refractivity contribution in [3.8, 4) is 17.1 Å². The van der Waals surface area contributed by atoms with Gasteiger partial charge in [0.15, 0.2) is 17.5 Å². The molecule has 3 heterocycles. The first-order chi connectivity index (χ1) is 14.5. The first-order valence-electron chi connectivity index (χ1n) is 9.48. The molecule has 0 aliphatic carbocycles. The number of amides is 1. The molecule has 4 rings (SSSR count). The second-order valence-electron chi connectivity index (χ2n) is 6.92. The maximum Gasteiger partial charge on any atom is 0.224 e. The number of benzene rings is 1. The zero-order valence-corrected chi connectivity index (χ0v) is 16.6. The molecule has 1 amide bonds. The number of nitrogens with zero attached hydrogens (tertiary/aromatic N) is 4. The summed E-state index contributed by atoms with van der Waals surface area (Å²) in [7, 11) is 0. The predicted molar refractivity (Wildman–Crippen MR) is 110 cm³/mol. The molecule has 1 aromatic carbocycles. The third kappa shape index (κ3) is 4.43. The van der Waals surface area contributed by atoms with E-state index in [0.29, 0.717) is 29.6 Å². The van der Waals surface area contributed by atoms with Crippen molar-refractivity contribution < 1.29 is 13.6 Å². The van der Waals surface area contributed by atoms with Crippen molar-refractivity contribution in [2.45, 2.75) is 26.7 Å². The van der Waals surface area contributed by atoms with Gasteiger partial charge in [0.05, 0.1) is 23.8 Å². The number of aryl methyl sites for hydroxylation is 3. The third-order valence-corrected chi connectivity index (χ3v) is 4.51. The van der Waals surface area contributed by atoms with Crippen molar-refractivity contribution in [3.63, 3.8) is 0 Å². The minimum Gasteiger partial charge on any atom is -0.441 e. The smallest absolute Gasteiger partial charge is 0.224 e. The molecular weight excluding hydrogens is 385 g/mol. The molecule has 0 radical (unpaired) electrons. The minimum absolute atomic E-state index is 0.169. The lowest BCUT2D eigenvalue weighted by Crippen LogP contribution is -2.13. The van der Waals surface area contributed by atoms with Gasteiger partial charge in [-0.25, -0.2) is 19.0 Å². The Labute approximate surface area is 172 Å². The number of carbonyl (C=O) groups excluding carboxylic acids is 1. The molecule has 0 saturated heterocycles. The average Bonchev–Trinajstić information content (AvgIpc) is 3.34. The molecule has 0 fully saturated rings. The highest BCUT2D eigenvalue weighted by Gasteiger charge is 2.10. The van der Waals surface area contributed by atoms with E-state index in [1.807, 2.05) is 19.9 Å². The van der Waals surface area contributed by atoms with E-state index < -0.39 is 0 Å². The van der Waals surface area contributed by atoms with Crippen molar-refractivity contribution in [1.29, 1.82) is 0 Å². The third-order valence-electron chi connectivity index (χ3n) is 4.51. The van der Waals surface area contributed by atoms with Crippen LogP contribution in [0.1, 0.15) is 23.7 Å². The van der Waals surface area contributed by atoms with Crippen LogP contribution in [0, 0.1) is 19.7 Å². The molecule has 8 heteroatoms. The summed E-state index contributed by atoms with van der Waals surface area (Å²) in [5, 5.41) is 7.21. The fraction of sp³-hybridized carbons (Fsp3) is 0.182. The SMILES string of the molecule is Cc1cc(C)n(-c2ccc(NC(=O)CCc3ncc(-c4ccc(F)cc4)o3)cn2)n1. The van der Waals surface area contributed by atoms with Crippen molar-refractivity contribution in [1.82, 2.24) is 19.7 Å². The number of pyridine rings is 1. The van der Waals surface area contributed by atoms with Gasteiger partial charge in [-0.1, -0.05) is 0 Å². The maximum absolute atomic E-state index is 13.0. The van der Waals surface area contributed by atoms with E-state index in [1.54, 1.807) is 41.3 Å². The van der Waals surface area contributed by atoms with Gasteiger partial charge in [-0.15, -0.1) is 0 Å². The van der Waals surface area contributed by atoms with Crippen molar-refractivity contribution >= 4 is 11.6 Å². The summed E-state index contributed by atoms with van der Waals surface area (Å²) in [5.41, 5.74) is 3.24. The second kappa shape index (κ2) is 8.28. The van der Waals surface area contributed by atoms with Crippen LogP contribution in [0.15, 0.2) is 59.3 Å². The van der Waals surface area contributed by atoms with Gasteiger partial charge in [0.2, 0.25) is 5.91 Å². The number of hydrogen-bond acceptors (Lipinski definition) is 5. The van der Waals surface area contributed by atoms with Gasteiger partial charge in [0, 0.05) is 24.1 Å². The molecule has 0 unspecified atom stereocenters. The van der Waals surface area contributed by atoms with Crippen LogP contribution in [-0.4, -0.2) is 25.7 Å². The van der Waals surface area contributed by atoms with E-state index in [9.17, 15) is 9.18 Å². The number of oxazole rings is 1. The summed E-state index contributed by atoms with van der Waals surface area (Å²) in [6.07, 6.45) is 3.73. The van der Waals surface area contributed by atoms with Crippen LogP contribution < -0.4 is 5.32 Å². The van der Waals surface area contributed by atoms with Gasteiger partial charge < -0.3 is 9.73 Å². The fourth-order valence-electron chi connectivity index (χ4n) is 3.06. The van der Waals surface area contributed by atoms with Gasteiger partial charge in [-0.2, -0.15) is 5.10 Å². The summed E-state index contributed by atoms with van der Waals surface area (Å²) in [6.45, 7) is 3.89. The topological polar surface area (TPSA) is 85.8 Å². The first kappa shape index (κ1) is 19.5. The first-order valence-corrected chi connectivity index (χ1v) is 9.48. The van der Waals surface area contributed by atoms with Crippen molar-refractivity contribution in [3.05, 3.63) is 78.0 Å². The Kier molecular flexibility index (Phi) is 5.38. The number of aromatic nitrogens is 4. The summed E-state index contributed by atoms with van der Waals surface area (Å²) in [5.74, 6) is 1.19. The Morgan fingerprint density at radius 2 is 1.90 bits per heavy atom. The molecule has 0 aliphatic rings. The molecule has 30 heavy (non-hydrogen) atoms. The fourth-order valence-corrected chi connectivity index (χ4v) is 3.06. The molecule has 0 aliphatic heterocycles. The lowest BCUT2D eigenvalue weighted by Gasteiger charge is -2.06. The minimum atomic E-state index is -0.312. The van der Waals surface area contributed by atoms with Gasteiger partial charge >= 0.3 is 0 Å². The molecule has 7 nitrogen and oxygen atoms in total. The number of rotatable bonds is 6. The van der Waals surface area contributed by atoms with Crippen LogP contribution in [0.4, 0.5) is 10.1 Å². The Bertz CT molecular complexity index is 1160. The molecule has 152 valence electrons. The zero-order chi connectivity index (χ0) is 21.1. The lowest BCUT2D eigenvalue weighted by atomic mass is 10.2. The number of nitrogens with one attached hydrogen (secondary N) is 1. The average molecular weight is 405 g/mol. The van der Waals surface area contributed by atoms with Crippen LogP contribution in [0.5, 0.6) is 0 Å². The number of anilines is 1. The van der Waals surface area contributed by atoms with Crippen LogP contribution in [0.25, 0.3) is 17.1 Å². The number of halogens is 1. The van der Waals surface area contributed by atoms with Crippen LogP contribution >= 0.6 is 0 Å². The van der Waals surface area contributed by atoms with Crippen molar-refractivity contribution in [2.24, 2.45) is 0 Å². The monoisotopic (exact) mass is 405 g/mol. The normalized spacial score (nSPS) is 10.9. The standard InChI is InChI=1S/C22H20FN5O2/c1-14-11-15(2)28(27-14)20-8-7-18(12-24-20)26-21(29)9-10-22-25-13-19(30-22)16-3-5-17(23)6-4-16/h3-8,11-13H,9-10H2,1-2H3,(H,26,29). The summed E-state index contributed by atoms with van der Waals surface area (Å²) < 4.78 is 20.4. The molecule has 0 bridgehead atoms. The molecule has 1 N–H and O–H groups in total. The summed E-state index contributed by atoms with van der Waals surface area (Å²) >= 11 is 0. The van der Waals surface area contributed by atoms with E-state index in [2.05, 4.69) is 20.4 Å². The molecule has 0 saturated carbocycles. The van der Waals surface area contributed by atoms with Crippen LogP contribution in [0.3, 0.4) is 0 Å². The number of hydrogen-bond donors (Lipinski definition) is 1. The number of carbonyl (C=O) groups is 1. The Hall–Kier alpha value is -3.81. The molecule has 3 aromatic heterocycles. The highest BCUT2D eigenvalue weighted by molar-refractivity contribution is 5.90. The van der Waals surface area contributed by atoms with Crippen LogP contribution in [-0.2, 0) is 11.2 Å². The molecular formula is C22H20FN5O2. The van der Waals surface area contributed by atoms with E-state index >= 15 is 0 Å². The molecule has 0 spiro atoms. The van der Waals surface area contributed by atoms with Gasteiger partial charge in [0.25, 0.3) is 0 Å². The van der Waals surface area contributed by atoms with Gasteiger partial charge in [-0.3, -0.25) is 4.79 Å². The molecule has 0 atom stereocenters. The largest absolute Gasteiger partial charge is 0.441 e. The Balaban J connectivity index is 1.33. The summed E-state index contributed by atoms with van der Waals surface area (Å²) in [4.78, 5) is 20.8. The molecule has 4 aromatic rings. The van der Waals surface area contributed by atoms with Gasteiger partial charge in [-0.05, 0) is 56.3 Å². The lowest BCUT2D eigenvalue weighted by molar-refractivity contribution is -0.116. The predicted octanol–water partition coefficient (Wildman–Crippen LogP) is 4.25. The highest BCUT2D eigenvalue weighted by atomic mass is 19.1. The van der Waals surface area contributed by atoms with E-state index in [-0.39, 0.29) is 18.1 Å². The second-order valence-corrected chi connectivity index (χ2v) is 6.92. The van der Waals surface area contributed by atoms with E-state index in [0.717, 1.165) is 17.0 Å². The summed E-state index contributed by atoms with van der Waals surface area (Å²) in [6, 6.07) is 11.5. The quantitative estimate of drug-likeness (QED) is 0.518. The Morgan fingerprint density at radius 1 is 1.10 bits per heavy atom. The van der Waals surface area contributed by atoms with E-state index in [1.165, 1.54) is 12.1 Å². The van der Waals surface area contributed by atoms with Crippen molar-refractivity contribution in [2.75, 3.05) is 5.32 Å². The van der Waals surface area contributed by atoms with Crippen LogP contribution in [0.2, 0.25) is 0 Å².